The second kappa shape index (κ2) is 6.34. The predicted octanol–water partition coefficient (Wildman–Crippen LogP) is 2.85. The molecule has 0 unspecified atom stereocenters. The van der Waals surface area contributed by atoms with Crippen LogP contribution in [0.5, 0.6) is 5.75 Å². The van der Waals surface area contributed by atoms with Crippen molar-refractivity contribution < 1.29 is 22.7 Å². The highest BCUT2D eigenvalue weighted by Crippen LogP contribution is 2.37. The summed E-state index contributed by atoms with van der Waals surface area (Å²) in [5.74, 6) is 4.75. The number of alkyl halides is 3. The van der Waals surface area contributed by atoms with E-state index in [0.29, 0.717) is 12.8 Å². The number of hydrazine groups is 1. The second-order valence-corrected chi connectivity index (χ2v) is 5.18. The van der Waals surface area contributed by atoms with Crippen molar-refractivity contribution in [2.45, 2.75) is 38.0 Å². The monoisotopic (exact) mass is 302 g/mol. The van der Waals surface area contributed by atoms with E-state index in [4.69, 9.17) is 5.84 Å². The standard InChI is InChI=1S/C14H17F3N2O2/c15-14(16,17)21-12-3-1-2-11(8-12)9-4-6-10(7-5-9)13(20)19-18/h1-3,8-10H,4-7,18H2,(H,19,20)/t9-,10-. The molecule has 1 aromatic carbocycles. The average molecular weight is 302 g/mol. The summed E-state index contributed by atoms with van der Waals surface area (Å²) in [5.41, 5.74) is 2.95. The minimum absolute atomic E-state index is 0.110. The van der Waals surface area contributed by atoms with Crippen LogP contribution in [-0.4, -0.2) is 12.3 Å². The van der Waals surface area contributed by atoms with Crippen molar-refractivity contribution in [1.29, 1.82) is 0 Å². The van der Waals surface area contributed by atoms with Crippen LogP contribution in [0.3, 0.4) is 0 Å². The quantitative estimate of drug-likeness (QED) is 0.512. The first-order chi connectivity index (χ1) is 9.89. The maximum atomic E-state index is 12.2. The number of carbonyl (C=O) groups excluding carboxylic acids is 1. The zero-order chi connectivity index (χ0) is 15.5. The van der Waals surface area contributed by atoms with Gasteiger partial charge in [-0.15, -0.1) is 13.2 Å². The van der Waals surface area contributed by atoms with Gasteiger partial charge in [0.05, 0.1) is 0 Å². The Morgan fingerprint density at radius 2 is 1.90 bits per heavy atom. The molecule has 1 aliphatic carbocycles. The molecule has 1 aromatic rings. The molecule has 0 heterocycles. The summed E-state index contributed by atoms with van der Waals surface area (Å²) in [6.07, 6.45) is -1.84. The van der Waals surface area contributed by atoms with E-state index in [2.05, 4.69) is 10.2 Å². The van der Waals surface area contributed by atoms with Gasteiger partial charge in [-0.3, -0.25) is 10.2 Å². The molecule has 1 saturated carbocycles. The van der Waals surface area contributed by atoms with Gasteiger partial charge in [-0.2, -0.15) is 0 Å². The fraction of sp³-hybridized carbons (Fsp3) is 0.500. The summed E-state index contributed by atoms with van der Waals surface area (Å²) >= 11 is 0. The van der Waals surface area contributed by atoms with E-state index in [1.165, 1.54) is 12.1 Å². The van der Waals surface area contributed by atoms with Gasteiger partial charge in [-0.25, -0.2) is 5.84 Å². The zero-order valence-corrected chi connectivity index (χ0v) is 11.3. The van der Waals surface area contributed by atoms with E-state index in [0.717, 1.165) is 18.4 Å². The SMILES string of the molecule is NNC(=O)[C@H]1CC[C@H](c2cccc(OC(F)(F)F)c2)CC1. The molecule has 4 nitrogen and oxygen atoms in total. The number of rotatable bonds is 3. The molecular weight excluding hydrogens is 285 g/mol. The Labute approximate surface area is 120 Å². The predicted molar refractivity (Wildman–Crippen MR) is 70.2 cm³/mol. The highest BCUT2D eigenvalue weighted by Gasteiger charge is 2.32. The lowest BCUT2D eigenvalue weighted by Crippen LogP contribution is -2.37. The van der Waals surface area contributed by atoms with Crippen LogP contribution in [0.1, 0.15) is 37.2 Å². The third-order valence-corrected chi connectivity index (χ3v) is 3.80. The van der Waals surface area contributed by atoms with Crippen LogP contribution >= 0.6 is 0 Å². The number of hydrogen-bond donors (Lipinski definition) is 2. The van der Waals surface area contributed by atoms with Gasteiger partial charge in [0.2, 0.25) is 5.91 Å². The minimum Gasteiger partial charge on any atom is -0.406 e. The molecule has 0 saturated heterocycles. The molecule has 1 aliphatic rings. The van der Waals surface area contributed by atoms with Crippen molar-refractivity contribution in [3.05, 3.63) is 29.8 Å². The molecule has 0 spiro atoms. The number of benzene rings is 1. The Morgan fingerprint density at radius 3 is 2.48 bits per heavy atom. The Hall–Kier alpha value is -1.76. The number of nitrogens with one attached hydrogen (secondary N) is 1. The molecule has 1 fully saturated rings. The Balaban J connectivity index is 2.00. The Bertz CT molecular complexity index is 497. The van der Waals surface area contributed by atoms with Gasteiger partial charge < -0.3 is 4.74 Å². The Kier molecular flexibility index (Phi) is 4.72. The van der Waals surface area contributed by atoms with Gasteiger partial charge in [0.15, 0.2) is 0 Å². The topological polar surface area (TPSA) is 64.3 Å². The highest BCUT2D eigenvalue weighted by molar-refractivity contribution is 5.78. The number of ether oxygens (including phenoxy) is 1. The third-order valence-electron chi connectivity index (χ3n) is 3.80. The van der Waals surface area contributed by atoms with E-state index in [1.807, 2.05) is 0 Å². The average Bonchev–Trinajstić information content (AvgIpc) is 2.45. The van der Waals surface area contributed by atoms with Crippen LogP contribution in [0.4, 0.5) is 13.2 Å². The number of hydrogen-bond acceptors (Lipinski definition) is 3. The van der Waals surface area contributed by atoms with Crippen LogP contribution in [-0.2, 0) is 4.79 Å². The largest absolute Gasteiger partial charge is 0.573 e. The van der Waals surface area contributed by atoms with Crippen LogP contribution in [0.2, 0.25) is 0 Å². The molecule has 0 radical (unpaired) electrons. The van der Waals surface area contributed by atoms with Crippen molar-refractivity contribution in [3.63, 3.8) is 0 Å². The van der Waals surface area contributed by atoms with E-state index in [9.17, 15) is 18.0 Å². The molecular formula is C14H17F3N2O2. The molecule has 1 amide bonds. The van der Waals surface area contributed by atoms with Crippen molar-refractivity contribution in [1.82, 2.24) is 5.43 Å². The molecule has 21 heavy (non-hydrogen) atoms. The fourth-order valence-electron chi connectivity index (χ4n) is 2.77. The van der Waals surface area contributed by atoms with Crippen molar-refractivity contribution >= 4 is 5.91 Å². The number of nitrogens with two attached hydrogens (primary N) is 1. The molecule has 0 aromatic heterocycles. The molecule has 0 aliphatic heterocycles. The molecule has 3 N–H and O–H groups in total. The lowest BCUT2D eigenvalue weighted by molar-refractivity contribution is -0.274. The molecule has 0 atom stereocenters. The van der Waals surface area contributed by atoms with Crippen LogP contribution in [0.25, 0.3) is 0 Å². The first kappa shape index (κ1) is 15.6. The number of halogens is 3. The van der Waals surface area contributed by atoms with Crippen molar-refractivity contribution in [3.8, 4) is 5.75 Å². The maximum absolute atomic E-state index is 12.2. The van der Waals surface area contributed by atoms with Crippen molar-refractivity contribution in [2.75, 3.05) is 0 Å². The fourth-order valence-corrected chi connectivity index (χ4v) is 2.77. The summed E-state index contributed by atoms with van der Waals surface area (Å²) < 4.78 is 40.6. The first-order valence-corrected chi connectivity index (χ1v) is 6.75. The van der Waals surface area contributed by atoms with Crippen LogP contribution in [0.15, 0.2) is 24.3 Å². The van der Waals surface area contributed by atoms with Gasteiger partial charge >= 0.3 is 6.36 Å². The van der Waals surface area contributed by atoms with E-state index < -0.39 is 6.36 Å². The lowest BCUT2D eigenvalue weighted by Gasteiger charge is -2.27. The summed E-state index contributed by atoms with van der Waals surface area (Å²) in [4.78, 5) is 11.4. The van der Waals surface area contributed by atoms with Crippen LogP contribution < -0.4 is 16.0 Å². The summed E-state index contributed by atoms with van der Waals surface area (Å²) in [5, 5.41) is 0. The first-order valence-electron chi connectivity index (χ1n) is 6.75. The van der Waals surface area contributed by atoms with E-state index in [1.54, 1.807) is 12.1 Å². The summed E-state index contributed by atoms with van der Waals surface area (Å²) in [6.45, 7) is 0. The third kappa shape index (κ3) is 4.35. The maximum Gasteiger partial charge on any atom is 0.573 e. The highest BCUT2D eigenvalue weighted by atomic mass is 19.4. The lowest BCUT2D eigenvalue weighted by atomic mass is 9.78. The van der Waals surface area contributed by atoms with Gasteiger partial charge in [-0.05, 0) is 49.3 Å². The molecule has 0 bridgehead atoms. The molecule has 116 valence electrons. The van der Waals surface area contributed by atoms with Crippen LogP contribution in [0, 0.1) is 5.92 Å². The molecule has 2 rings (SSSR count). The second-order valence-electron chi connectivity index (χ2n) is 5.18. The molecule has 7 heteroatoms. The smallest absolute Gasteiger partial charge is 0.406 e. The summed E-state index contributed by atoms with van der Waals surface area (Å²) in [6, 6.07) is 6.04. The van der Waals surface area contributed by atoms with E-state index in [-0.39, 0.29) is 23.5 Å². The van der Waals surface area contributed by atoms with Crippen molar-refractivity contribution in [2.24, 2.45) is 11.8 Å². The van der Waals surface area contributed by atoms with Gasteiger partial charge in [0.25, 0.3) is 0 Å². The zero-order valence-electron chi connectivity index (χ0n) is 11.3. The number of carbonyl (C=O) groups is 1. The van der Waals surface area contributed by atoms with E-state index >= 15 is 0 Å². The van der Waals surface area contributed by atoms with Gasteiger partial charge in [-0.1, -0.05) is 12.1 Å². The van der Waals surface area contributed by atoms with Gasteiger partial charge in [0.1, 0.15) is 5.75 Å². The normalized spacial score (nSPS) is 22.7. The minimum atomic E-state index is -4.69. The van der Waals surface area contributed by atoms with Gasteiger partial charge in [0, 0.05) is 5.92 Å². The summed E-state index contributed by atoms with van der Waals surface area (Å²) in [7, 11) is 0. The Morgan fingerprint density at radius 1 is 1.24 bits per heavy atom. The number of amides is 1.